The first-order valence-corrected chi connectivity index (χ1v) is 10.9. The lowest BCUT2D eigenvalue weighted by atomic mass is 10.0. The molecule has 2 rings (SSSR count). The zero-order chi connectivity index (χ0) is 22.5. The van der Waals surface area contributed by atoms with E-state index >= 15 is 0 Å². The molecule has 0 saturated carbocycles. The highest BCUT2D eigenvalue weighted by atomic mass is 16.5. The van der Waals surface area contributed by atoms with Crippen molar-refractivity contribution in [2.24, 2.45) is 0 Å². The number of hydrogen-bond donors (Lipinski definition) is 2. The van der Waals surface area contributed by atoms with Crippen LogP contribution in [0.3, 0.4) is 0 Å². The molecule has 0 aliphatic carbocycles. The summed E-state index contributed by atoms with van der Waals surface area (Å²) < 4.78 is 16.7. The molecule has 0 aliphatic rings. The van der Waals surface area contributed by atoms with Crippen molar-refractivity contribution in [2.75, 3.05) is 27.4 Å². The summed E-state index contributed by atoms with van der Waals surface area (Å²) in [5, 5.41) is 13.1. The maximum Gasteiger partial charge on any atom is 0.216 e. The standard InChI is InChI=1S/C25H35NO5/c1-19(27)26-17-6-4-5-7-22(28)16-18-31-25(20-8-12-23(29-2)13-9-20)21-10-14-24(30-3)15-11-21/h8-15,22,25,28H,4-7,16-18H2,1-3H3,(H,26,27). The van der Waals surface area contributed by atoms with Crippen molar-refractivity contribution in [3.63, 3.8) is 0 Å². The minimum atomic E-state index is -0.395. The van der Waals surface area contributed by atoms with Gasteiger partial charge in [0, 0.05) is 13.5 Å². The van der Waals surface area contributed by atoms with E-state index in [0.717, 1.165) is 48.3 Å². The summed E-state index contributed by atoms with van der Waals surface area (Å²) in [4.78, 5) is 10.8. The number of aliphatic hydroxyl groups is 1. The predicted octanol–water partition coefficient (Wildman–Crippen LogP) is 4.26. The van der Waals surface area contributed by atoms with Crippen LogP contribution in [0.25, 0.3) is 0 Å². The van der Waals surface area contributed by atoms with Gasteiger partial charge in [-0.3, -0.25) is 4.79 Å². The molecule has 2 aromatic rings. The van der Waals surface area contributed by atoms with Gasteiger partial charge < -0.3 is 24.6 Å². The maximum atomic E-state index is 10.8. The molecule has 170 valence electrons. The zero-order valence-electron chi connectivity index (χ0n) is 18.8. The van der Waals surface area contributed by atoms with Gasteiger partial charge in [0.2, 0.25) is 5.91 Å². The van der Waals surface area contributed by atoms with E-state index < -0.39 is 6.10 Å². The molecular weight excluding hydrogens is 394 g/mol. The van der Waals surface area contributed by atoms with Gasteiger partial charge in [-0.05, 0) is 54.7 Å². The van der Waals surface area contributed by atoms with E-state index in [1.807, 2.05) is 48.5 Å². The van der Waals surface area contributed by atoms with Crippen LogP contribution >= 0.6 is 0 Å². The molecule has 0 spiro atoms. The number of rotatable bonds is 14. The topological polar surface area (TPSA) is 77.0 Å². The first-order chi connectivity index (χ1) is 15.0. The molecule has 1 amide bonds. The highest BCUT2D eigenvalue weighted by Gasteiger charge is 2.16. The van der Waals surface area contributed by atoms with Crippen molar-refractivity contribution < 1.29 is 24.1 Å². The van der Waals surface area contributed by atoms with E-state index in [1.54, 1.807) is 14.2 Å². The van der Waals surface area contributed by atoms with E-state index in [1.165, 1.54) is 6.92 Å². The van der Waals surface area contributed by atoms with Crippen molar-refractivity contribution >= 4 is 5.91 Å². The second-order valence-corrected chi connectivity index (χ2v) is 7.57. The molecule has 0 heterocycles. The molecule has 1 atom stereocenters. The quantitative estimate of drug-likeness (QED) is 0.439. The Morgan fingerprint density at radius 2 is 1.42 bits per heavy atom. The summed E-state index contributed by atoms with van der Waals surface area (Å²) in [5.41, 5.74) is 2.05. The average molecular weight is 430 g/mol. The van der Waals surface area contributed by atoms with E-state index in [0.29, 0.717) is 19.6 Å². The van der Waals surface area contributed by atoms with Crippen LogP contribution in [0, 0.1) is 0 Å². The van der Waals surface area contributed by atoms with Gasteiger partial charge in [-0.2, -0.15) is 0 Å². The van der Waals surface area contributed by atoms with E-state index in [2.05, 4.69) is 5.32 Å². The van der Waals surface area contributed by atoms with Crippen LogP contribution in [0.15, 0.2) is 48.5 Å². The Bertz CT molecular complexity index is 713. The third kappa shape index (κ3) is 8.99. The van der Waals surface area contributed by atoms with E-state index in [-0.39, 0.29) is 12.0 Å². The van der Waals surface area contributed by atoms with Crippen molar-refractivity contribution in [3.8, 4) is 11.5 Å². The lowest BCUT2D eigenvalue weighted by Crippen LogP contribution is -2.20. The SMILES string of the molecule is COc1ccc(C(OCCC(O)CCCCCNC(C)=O)c2ccc(OC)cc2)cc1. The van der Waals surface area contributed by atoms with Crippen LogP contribution in [-0.4, -0.2) is 44.5 Å². The Hall–Kier alpha value is -2.57. The number of nitrogens with one attached hydrogen (secondary N) is 1. The molecule has 0 radical (unpaired) electrons. The van der Waals surface area contributed by atoms with E-state index in [9.17, 15) is 9.90 Å². The summed E-state index contributed by atoms with van der Waals surface area (Å²) in [5.74, 6) is 1.60. The Kier molecular flexibility index (Phi) is 10.9. The lowest BCUT2D eigenvalue weighted by Gasteiger charge is -2.21. The summed E-state index contributed by atoms with van der Waals surface area (Å²) in [7, 11) is 3.29. The molecule has 0 fully saturated rings. The normalized spacial score (nSPS) is 11.9. The van der Waals surface area contributed by atoms with Crippen LogP contribution in [0.5, 0.6) is 11.5 Å². The number of aliphatic hydroxyl groups excluding tert-OH is 1. The van der Waals surface area contributed by atoms with Crippen molar-refractivity contribution in [3.05, 3.63) is 59.7 Å². The Morgan fingerprint density at radius 3 is 1.90 bits per heavy atom. The second-order valence-electron chi connectivity index (χ2n) is 7.57. The zero-order valence-corrected chi connectivity index (χ0v) is 18.8. The van der Waals surface area contributed by atoms with Crippen molar-refractivity contribution in [1.82, 2.24) is 5.32 Å². The van der Waals surface area contributed by atoms with Gasteiger partial charge in [0.25, 0.3) is 0 Å². The first kappa shape index (κ1) is 24.7. The number of ether oxygens (including phenoxy) is 3. The van der Waals surface area contributed by atoms with Crippen molar-refractivity contribution in [2.45, 2.75) is 51.2 Å². The monoisotopic (exact) mass is 429 g/mol. The van der Waals surface area contributed by atoms with Gasteiger partial charge in [0.15, 0.2) is 0 Å². The fourth-order valence-corrected chi connectivity index (χ4v) is 3.35. The molecule has 0 aromatic heterocycles. The summed E-state index contributed by atoms with van der Waals surface area (Å²) in [6.45, 7) is 2.67. The van der Waals surface area contributed by atoms with Crippen LogP contribution in [0.4, 0.5) is 0 Å². The van der Waals surface area contributed by atoms with Crippen LogP contribution in [0.2, 0.25) is 0 Å². The van der Waals surface area contributed by atoms with E-state index in [4.69, 9.17) is 14.2 Å². The number of carbonyl (C=O) groups excluding carboxylic acids is 1. The highest BCUT2D eigenvalue weighted by Crippen LogP contribution is 2.29. The minimum Gasteiger partial charge on any atom is -0.497 e. The molecule has 1 unspecified atom stereocenters. The number of amides is 1. The Balaban J connectivity index is 1.86. The third-order valence-electron chi connectivity index (χ3n) is 5.16. The molecule has 6 nitrogen and oxygen atoms in total. The lowest BCUT2D eigenvalue weighted by molar-refractivity contribution is -0.118. The molecule has 6 heteroatoms. The molecule has 2 aromatic carbocycles. The van der Waals surface area contributed by atoms with Gasteiger partial charge in [0.05, 0.1) is 26.9 Å². The summed E-state index contributed by atoms with van der Waals surface area (Å²) in [6, 6.07) is 15.7. The fourth-order valence-electron chi connectivity index (χ4n) is 3.35. The Labute approximate surface area is 185 Å². The van der Waals surface area contributed by atoms with Gasteiger partial charge in [-0.25, -0.2) is 0 Å². The average Bonchev–Trinajstić information content (AvgIpc) is 2.79. The molecular formula is C25H35NO5. The highest BCUT2D eigenvalue weighted by molar-refractivity contribution is 5.72. The van der Waals surface area contributed by atoms with Gasteiger partial charge in [-0.1, -0.05) is 37.1 Å². The van der Waals surface area contributed by atoms with Crippen LogP contribution in [-0.2, 0) is 9.53 Å². The Morgan fingerprint density at radius 1 is 0.871 bits per heavy atom. The minimum absolute atomic E-state index is 0.000424. The number of methoxy groups -OCH3 is 2. The first-order valence-electron chi connectivity index (χ1n) is 10.9. The number of hydrogen-bond acceptors (Lipinski definition) is 5. The number of carbonyl (C=O) groups is 1. The maximum absolute atomic E-state index is 10.8. The molecule has 0 saturated heterocycles. The van der Waals surface area contributed by atoms with Gasteiger partial charge in [-0.15, -0.1) is 0 Å². The second kappa shape index (κ2) is 13.7. The molecule has 2 N–H and O–H groups in total. The van der Waals surface area contributed by atoms with Gasteiger partial charge in [0.1, 0.15) is 17.6 Å². The van der Waals surface area contributed by atoms with Crippen molar-refractivity contribution in [1.29, 1.82) is 0 Å². The van der Waals surface area contributed by atoms with Crippen LogP contribution < -0.4 is 14.8 Å². The third-order valence-corrected chi connectivity index (χ3v) is 5.16. The largest absolute Gasteiger partial charge is 0.497 e. The summed E-state index contributed by atoms with van der Waals surface area (Å²) in [6.07, 6.45) is 3.53. The number of unbranched alkanes of at least 4 members (excludes halogenated alkanes) is 2. The molecule has 0 aliphatic heterocycles. The molecule has 31 heavy (non-hydrogen) atoms. The van der Waals surface area contributed by atoms with Crippen LogP contribution in [0.1, 0.15) is 56.3 Å². The summed E-state index contributed by atoms with van der Waals surface area (Å²) >= 11 is 0. The van der Waals surface area contributed by atoms with Gasteiger partial charge >= 0.3 is 0 Å². The molecule has 0 bridgehead atoms. The fraction of sp³-hybridized carbons (Fsp3) is 0.480. The smallest absolute Gasteiger partial charge is 0.216 e. The predicted molar refractivity (Wildman–Crippen MR) is 122 cm³/mol. The number of benzene rings is 2.